The third-order valence-corrected chi connectivity index (χ3v) is 5.28. The van der Waals surface area contributed by atoms with E-state index in [-0.39, 0.29) is 11.8 Å². The van der Waals surface area contributed by atoms with Crippen LogP contribution in [-0.4, -0.2) is 34.2 Å². The molecule has 0 amide bonds. The lowest BCUT2D eigenvalue weighted by Gasteiger charge is -2.32. The van der Waals surface area contributed by atoms with Gasteiger partial charge in [0.1, 0.15) is 23.2 Å². The predicted octanol–water partition coefficient (Wildman–Crippen LogP) is 4.17. The van der Waals surface area contributed by atoms with Gasteiger partial charge in [0.2, 0.25) is 5.90 Å². The van der Waals surface area contributed by atoms with Crippen LogP contribution in [0.3, 0.4) is 0 Å². The fraction of sp³-hybridized carbons (Fsp3) is 0.300. The van der Waals surface area contributed by atoms with Gasteiger partial charge in [0.15, 0.2) is 0 Å². The molecule has 0 saturated carbocycles. The van der Waals surface area contributed by atoms with Crippen molar-refractivity contribution in [3.63, 3.8) is 0 Å². The summed E-state index contributed by atoms with van der Waals surface area (Å²) >= 11 is 3.51. The summed E-state index contributed by atoms with van der Waals surface area (Å²) in [4.78, 5) is 1.96. The average molecular weight is 430 g/mol. The predicted molar refractivity (Wildman–Crippen MR) is 107 cm³/mol. The van der Waals surface area contributed by atoms with Gasteiger partial charge in [0.25, 0.3) is 0 Å². The van der Waals surface area contributed by atoms with Crippen molar-refractivity contribution in [2.24, 2.45) is 5.92 Å². The summed E-state index contributed by atoms with van der Waals surface area (Å²) in [6.07, 6.45) is 0. The molecule has 27 heavy (non-hydrogen) atoms. The molecule has 1 aliphatic heterocycles. The Bertz CT molecular complexity index is 937. The van der Waals surface area contributed by atoms with E-state index in [0.717, 1.165) is 21.3 Å². The van der Waals surface area contributed by atoms with Crippen molar-refractivity contribution in [3.05, 3.63) is 45.9 Å². The number of nitriles is 1. The molecule has 3 rings (SSSR count). The zero-order chi connectivity index (χ0) is 19.7. The summed E-state index contributed by atoms with van der Waals surface area (Å²) in [5.74, 6) is 0.597. The molecule has 1 aliphatic rings. The molecule has 1 N–H and O–H groups in total. The summed E-state index contributed by atoms with van der Waals surface area (Å²) in [6, 6.07) is 11.7. The third-order valence-electron chi connectivity index (χ3n) is 4.66. The second-order valence-electron chi connectivity index (χ2n) is 6.40. The first-order valence-electron chi connectivity index (χ1n) is 8.29. The van der Waals surface area contributed by atoms with Gasteiger partial charge in [0.05, 0.1) is 24.8 Å². The average Bonchev–Trinajstić information content (AvgIpc) is 2.66. The first kappa shape index (κ1) is 19.1. The first-order valence-corrected chi connectivity index (χ1v) is 9.09. The van der Waals surface area contributed by atoms with Crippen molar-refractivity contribution in [1.29, 1.82) is 10.7 Å². The molecular formula is C20H20BrN3O3. The van der Waals surface area contributed by atoms with Crippen LogP contribution in [0, 0.1) is 22.7 Å². The molecule has 1 heterocycles. The number of anilines is 1. The Morgan fingerprint density at radius 3 is 2.41 bits per heavy atom. The number of rotatable bonds is 4. The minimum absolute atomic E-state index is 0.0695. The maximum atomic E-state index is 9.74. The largest absolute Gasteiger partial charge is 0.496 e. The normalized spacial score (nSPS) is 18.1. The molecule has 6 nitrogen and oxygen atoms in total. The van der Waals surface area contributed by atoms with Gasteiger partial charge < -0.3 is 19.1 Å². The first-order chi connectivity index (χ1) is 12.9. The van der Waals surface area contributed by atoms with E-state index >= 15 is 0 Å². The topological polar surface area (TPSA) is 78.6 Å². The highest BCUT2D eigenvalue weighted by molar-refractivity contribution is 9.10. The van der Waals surface area contributed by atoms with Gasteiger partial charge in [-0.1, -0.05) is 6.07 Å². The van der Waals surface area contributed by atoms with E-state index < -0.39 is 5.92 Å². The smallest absolute Gasteiger partial charge is 0.205 e. The summed E-state index contributed by atoms with van der Waals surface area (Å²) in [5.41, 5.74) is 2.60. The molecule has 7 heteroatoms. The second kappa shape index (κ2) is 7.49. The highest BCUT2D eigenvalue weighted by atomic mass is 79.9. The molecular weight excluding hydrogens is 410 g/mol. The van der Waals surface area contributed by atoms with Gasteiger partial charge in [-0.15, -0.1) is 0 Å². The van der Waals surface area contributed by atoms with Crippen molar-refractivity contribution in [1.82, 2.24) is 0 Å². The van der Waals surface area contributed by atoms with Crippen LogP contribution in [0.1, 0.15) is 17.0 Å². The monoisotopic (exact) mass is 429 g/mol. The summed E-state index contributed by atoms with van der Waals surface area (Å²) in [7, 11) is 7.04. The molecule has 0 saturated heterocycles. The number of ether oxygens (including phenoxy) is 3. The lowest BCUT2D eigenvalue weighted by molar-refractivity contribution is 0.383. The molecule has 0 fully saturated rings. The van der Waals surface area contributed by atoms with Crippen LogP contribution in [0.5, 0.6) is 17.2 Å². The van der Waals surface area contributed by atoms with Crippen molar-refractivity contribution < 1.29 is 14.2 Å². The molecule has 2 unspecified atom stereocenters. The molecule has 2 atom stereocenters. The fourth-order valence-corrected chi connectivity index (χ4v) is 3.79. The van der Waals surface area contributed by atoms with Crippen LogP contribution >= 0.6 is 15.9 Å². The number of methoxy groups -OCH3 is 2. The number of fused-ring (bicyclic) bond motifs is 1. The lowest BCUT2D eigenvalue weighted by atomic mass is 9.78. The van der Waals surface area contributed by atoms with Gasteiger partial charge >= 0.3 is 0 Å². The van der Waals surface area contributed by atoms with E-state index in [9.17, 15) is 5.26 Å². The Labute approximate surface area is 166 Å². The maximum Gasteiger partial charge on any atom is 0.205 e. The van der Waals surface area contributed by atoms with Gasteiger partial charge in [-0.25, -0.2) is 0 Å². The van der Waals surface area contributed by atoms with E-state index in [0.29, 0.717) is 17.2 Å². The van der Waals surface area contributed by atoms with Crippen LogP contribution in [0.4, 0.5) is 5.69 Å². The highest BCUT2D eigenvalue weighted by Gasteiger charge is 2.39. The molecule has 0 aliphatic carbocycles. The van der Waals surface area contributed by atoms with E-state index in [1.807, 2.05) is 43.3 Å². The number of hydrogen-bond donors (Lipinski definition) is 1. The van der Waals surface area contributed by atoms with E-state index in [4.69, 9.17) is 19.6 Å². The van der Waals surface area contributed by atoms with Gasteiger partial charge in [-0.2, -0.15) is 5.26 Å². The summed E-state index contributed by atoms with van der Waals surface area (Å²) in [6.45, 7) is 0. The van der Waals surface area contributed by atoms with Crippen LogP contribution < -0.4 is 19.1 Å². The SMILES string of the molecule is COc1cc(OC)c(C2c3ccc(N(C)C)cc3OC(=N)C2C#N)cc1Br. The highest BCUT2D eigenvalue weighted by Crippen LogP contribution is 2.47. The molecule has 2 aromatic carbocycles. The Kier molecular flexibility index (Phi) is 5.29. The van der Waals surface area contributed by atoms with Gasteiger partial charge in [0, 0.05) is 49.0 Å². The third kappa shape index (κ3) is 3.33. The molecule has 0 radical (unpaired) electrons. The number of nitrogens with zero attached hydrogens (tertiary/aromatic N) is 2. The second-order valence-corrected chi connectivity index (χ2v) is 7.25. The van der Waals surface area contributed by atoms with E-state index in [2.05, 4.69) is 22.0 Å². The van der Waals surface area contributed by atoms with E-state index in [1.165, 1.54) is 0 Å². The Balaban J connectivity index is 2.24. The minimum Gasteiger partial charge on any atom is -0.496 e. The zero-order valence-electron chi connectivity index (χ0n) is 15.5. The summed E-state index contributed by atoms with van der Waals surface area (Å²) < 4.78 is 17.4. The number of halogens is 1. The molecule has 0 bridgehead atoms. The lowest BCUT2D eigenvalue weighted by Crippen LogP contribution is -2.31. The minimum atomic E-state index is -0.753. The van der Waals surface area contributed by atoms with Crippen LogP contribution in [0.25, 0.3) is 0 Å². The Morgan fingerprint density at radius 1 is 1.11 bits per heavy atom. The maximum absolute atomic E-state index is 9.74. The van der Waals surface area contributed by atoms with Crippen molar-refractivity contribution in [2.45, 2.75) is 5.92 Å². The van der Waals surface area contributed by atoms with Crippen molar-refractivity contribution >= 4 is 27.5 Å². The molecule has 0 aromatic heterocycles. The van der Waals surface area contributed by atoms with Crippen LogP contribution in [0.15, 0.2) is 34.8 Å². The van der Waals surface area contributed by atoms with Gasteiger partial charge in [-0.3, -0.25) is 5.41 Å². The van der Waals surface area contributed by atoms with E-state index in [1.54, 1.807) is 20.3 Å². The quantitative estimate of drug-likeness (QED) is 0.788. The Morgan fingerprint density at radius 2 is 1.81 bits per heavy atom. The standard InChI is InChI=1S/C20H20BrN3O3/c1-24(2)11-5-6-12-17(7-11)27-20(23)14(10-22)19(12)13-8-15(21)18(26-4)9-16(13)25-3/h5-9,14,19,23H,1-4H3. The number of nitrogens with one attached hydrogen (secondary N) is 1. The van der Waals surface area contributed by atoms with Crippen molar-refractivity contribution in [3.8, 4) is 23.3 Å². The molecule has 140 valence electrons. The fourth-order valence-electron chi connectivity index (χ4n) is 3.27. The molecule has 0 spiro atoms. The van der Waals surface area contributed by atoms with Crippen LogP contribution in [0.2, 0.25) is 0 Å². The number of benzene rings is 2. The zero-order valence-corrected chi connectivity index (χ0v) is 17.1. The van der Waals surface area contributed by atoms with Gasteiger partial charge in [-0.05, 0) is 28.1 Å². The molecule has 2 aromatic rings. The van der Waals surface area contributed by atoms with Crippen LogP contribution in [-0.2, 0) is 0 Å². The summed E-state index contributed by atoms with van der Waals surface area (Å²) in [5, 5.41) is 18.0. The Hall–Kier alpha value is -2.72. The number of hydrogen-bond acceptors (Lipinski definition) is 6. The van der Waals surface area contributed by atoms with Crippen molar-refractivity contribution in [2.75, 3.05) is 33.2 Å².